The maximum Gasteiger partial charge on any atom is 0.255 e. The van der Waals surface area contributed by atoms with Gasteiger partial charge in [-0.25, -0.2) is 8.78 Å². The predicted molar refractivity (Wildman–Crippen MR) is 71.5 cm³/mol. The van der Waals surface area contributed by atoms with Crippen LogP contribution in [0.1, 0.15) is 17.0 Å². The smallest absolute Gasteiger partial charge is 0.255 e. The molecule has 0 aromatic carbocycles. The first-order valence-corrected chi connectivity index (χ1v) is 6.00. The highest BCUT2D eigenvalue weighted by Gasteiger charge is 2.20. The Morgan fingerprint density at radius 3 is 2.65 bits per heavy atom. The fraction of sp³-hybridized carbons (Fsp3) is 0.500. The summed E-state index contributed by atoms with van der Waals surface area (Å²) in [6.45, 7) is 2.52. The Morgan fingerprint density at radius 2 is 2.15 bits per heavy atom. The van der Waals surface area contributed by atoms with Crippen LogP contribution in [0.3, 0.4) is 0 Å². The van der Waals surface area contributed by atoms with E-state index in [2.05, 4.69) is 10.1 Å². The number of alkyl halides is 2. The number of nitrogens with zero attached hydrogens (tertiary/aromatic N) is 3. The topological polar surface area (TPSA) is 95.0 Å². The molecule has 0 spiro atoms. The number of rotatable bonds is 6. The Bertz CT molecular complexity index is 495. The van der Waals surface area contributed by atoms with Gasteiger partial charge in [0.2, 0.25) is 0 Å². The highest BCUT2D eigenvalue weighted by atomic mass is 19.3. The highest BCUT2D eigenvalue weighted by molar-refractivity contribution is 6.03. The SMILES string of the molecule is Cc1cc(N(CCO)CC(F)F)c(/C(N)=N/O)c(C)n1. The molecule has 0 atom stereocenters. The summed E-state index contributed by atoms with van der Waals surface area (Å²) in [5.74, 6) is -0.206. The highest BCUT2D eigenvalue weighted by Crippen LogP contribution is 2.24. The van der Waals surface area contributed by atoms with Crippen LogP contribution in [0.25, 0.3) is 0 Å². The van der Waals surface area contributed by atoms with Crippen LogP contribution in [0.15, 0.2) is 11.2 Å². The van der Waals surface area contributed by atoms with Gasteiger partial charge in [-0.15, -0.1) is 0 Å². The molecule has 0 saturated heterocycles. The second kappa shape index (κ2) is 6.99. The van der Waals surface area contributed by atoms with E-state index in [9.17, 15) is 8.78 Å². The molecule has 1 rings (SSSR count). The summed E-state index contributed by atoms with van der Waals surface area (Å²) in [6, 6.07) is 1.57. The van der Waals surface area contributed by atoms with E-state index in [1.807, 2.05) is 0 Å². The molecule has 0 aliphatic rings. The number of nitrogens with two attached hydrogens (primary N) is 1. The van der Waals surface area contributed by atoms with Gasteiger partial charge in [0.25, 0.3) is 6.43 Å². The van der Waals surface area contributed by atoms with E-state index in [1.165, 1.54) is 4.90 Å². The first-order chi connectivity index (χ1) is 9.40. The van der Waals surface area contributed by atoms with Crippen molar-refractivity contribution < 1.29 is 19.1 Å². The minimum absolute atomic E-state index is 0.0128. The third-order valence-corrected chi connectivity index (χ3v) is 2.74. The number of hydrogen-bond acceptors (Lipinski definition) is 5. The van der Waals surface area contributed by atoms with Crippen LogP contribution in [0.4, 0.5) is 14.5 Å². The van der Waals surface area contributed by atoms with E-state index >= 15 is 0 Å². The normalized spacial score (nSPS) is 12.0. The van der Waals surface area contributed by atoms with Crippen molar-refractivity contribution in [2.75, 3.05) is 24.6 Å². The van der Waals surface area contributed by atoms with Crippen LogP contribution in [-0.2, 0) is 0 Å². The Morgan fingerprint density at radius 1 is 1.50 bits per heavy atom. The van der Waals surface area contributed by atoms with E-state index in [-0.39, 0.29) is 24.6 Å². The number of pyridine rings is 1. The van der Waals surface area contributed by atoms with Crippen LogP contribution >= 0.6 is 0 Å². The van der Waals surface area contributed by atoms with Crippen molar-refractivity contribution in [2.24, 2.45) is 10.9 Å². The summed E-state index contributed by atoms with van der Waals surface area (Å²) in [5.41, 5.74) is 7.32. The lowest BCUT2D eigenvalue weighted by Crippen LogP contribution is -2.34. The van der Waals surface area contributed by atoms with Gasteiger partial charge in [-0.1, -0.05) is 5.16 Å². The lowest BCUT2D eigenvalue weighted by molar-refractivity contribution is 0.153. The van der Waals surface area contributed by atoms with Crippen molar-refractivity contribution in [3.63, 3.8) is 0 Å². The first kappa shape index (κ1) is 16.1. The largest absolute Gasteiger partial charge is 0.409 e. The monoisotopic (exact) mass is 288 g/mol. The van der Waals surface area contributed by atoms with Crippen molar-refractivity contribution in [3.05, 3.63) is 23.0 Å². The molecule has 0 aliphatic heterocycles. The van der Waals surface area contributed by atoms with Gasteiger partial charge in [0, 0.05) is 12.2 Å². The fourth-order valence-corrected chi connectivity index (χ4v) is 2.02. The van der Waals surface area contributed by atoms with Crippen LogP contribution in [0.5, 0.6) is 0 Å². The molecule has 20 heavy (non-hydrogen) atoms. The molecule has 6 nitrogen and oxygen atoms in total. The third-order valence-electron chi connectivity index (χ3n) is 2.74. The fourth-order valence-electron chi connectivity index (χ4n) is 2.02. The maximum absolute atomic E-state index is 12.7. The summed E-state index contributed by atoms with van der Waals surface area (Å²) < 4.78 is 25.3. The van der Waals surface area contributed by atoms with E-state index < -0.39 is 13.0 Å². The molecule has 1 heterocycles. The molecule has 112 valence electrons. The second-order valence-corrected chi connectivity index (χ2v) is 4.29. The number of aryl methyl sites for hydroxylation is 2. The zero-order chi connectivity index (χ0) is 15.3. The molecular formula is C12H18F2N4O2. The number of aliphatic hydroxyl groups excluding tert-OH is 1. The average Bonchev–Trinajstić information content (AvgIpc) is 2.36. The minimum atomic E-state index is -2.57. The molecule has 8 heteroatoms. The molecule has 0 unspecified atom stereocenters. The standard InChI is InChI=1S/C12H18F2N4O2/c1-7-5-9(18(3-4-19)6-10(13)14)11(8(2)16-7)12(15)17-20/h5,10,19-20H,3-4,6H2,1-2H3,(H2,15,17). The van der Waals surface area contributed by atoms with Crippen LogP contribution in [0, 0.1) is 13.8 Å². The summed E-state index contributed by atoms with van der Waals surface area (Å²) in [5, 5.41) is 20.8. The van der Waals surface area contributed by atoms with Crippen molar-refractivity contribution in [2.45, 2.75) is 20.3 Å². The van der Waals surface area contributed by atoms with E-state index in [1.54, 1.807) is 19.9 Å². The molecular weight excluding hydrogens is 270 g/mol. The van der Waals surface area contributed by atoms with Crippen LogP contribution in [0.2, 0.25) is 0 Å². The lowest BCUT2D eigenvalue weighted by Gasteiger charge is -2.26. The summed E-state index contributed by atoms with van der Waals surface area (Å²) >= 11 is 0. The number of aliphatic hydroxyl groups is 1. The Kier molecular flexibility index (Phi) is 5.63. The Labute approximate surface area is 115 Å². The molecule has 1 aromatic heterocycles. The van der Waals surface area contributed by atoms with Crippen molar-refractivity contribution >= 4 is 11.5 Å². The Balaban J connectivity index is 3.38. The van der Waals surface area contributed by atoms with Gasteiger partial charge in [0.15, 0.2) is 5.84 Å². The molecule has 0 aliphatic carbocycles. The number of aromatic nitrogens is 1. The zero-order valence-electron chi connectivity index (χ0n) is 11.3. The van der Waals surface area contributed by atoms with Crippen molar-refractivity contribution in [3.8, 4) is 0 Å². The van der Waals surface area contributed by atoms with Crippen molar-refractivity contribution in [1.29, 1.82) is 0 Å². The lowest BCUT2D eigenvalue weighted by atomic mass is 10.1. The maximum atomic E-state index is 12.7. The molecule has 4 N–H and O–H groups in total. The van der Waals surface area contributed by atoms with Gasteiger partial charge in [-0.3, -0.25) is 4.98 Å². The average molecular weight is 288 g/mol. The van der Waals surface area contributed by atoms with Gasteiger partial charge in [-0.2, -0.15) is 0 Å². The number of oxime groups is 1. The second-order valence-electron chi connectivity index (χ2n) is 4.29. The van der Waals surface area contributed by atoms with Crippen LogP contribution < -0.4 is 10.6 Å². The third kappa shape index (κ3) is 3.77. The summed E-state index contributed by atoms with van der Waals surface area (Å²) in [4.78, 5) is 5.47. The predicted octanol–water partition coefficient (Wildman–Crippen LogP) is 0.857. The van der Waals surface area contributed by atoms with Gasteiger partial charge in [0.05, 0.1) is 30.1 Å². The van der Waals surface area contributed by atoms with Gasteiger partial charge < -0.3 is 20.9 Å². The summed E-state index contributed by atoms with van der Waals surface area (Å²) in [6.07, 6.45) is -2.57. The van der Waals surface area contributed by atoms with Gasteiger partial charge in [0.1, 0.15) is 0 Å². The van der Waals surface area contributed by atoms with Gasteiger partial charge >= 0.3 is 0 Å². The zero-order valence-corrected chi connectivity index (χ0v) is 11.3. The molecule has 0 radical (unpaired) electrons. The van der Waals surface area contributed by atoms with E-state index in [0.717, 1.165) is 0 Å². The molecule has 0 saturated carbocycles. The van der Waals surface area contributed by atoms with Crippen molar-refractivity contribution in [1.82, 2.24) is 4.98 Å². The number of halogens is 2. The quantitative estimate of drug-likeness (QED) is 0.312. The van der Waals surface area contributed by atoms with E-state index in [4.69, 9.17) is 16.0 Å². The number of hydrogen-bond donors (Lipinski definition) is 3. The molecule has 0 amide bonds. The van der Waals surface area contributed by atoms with Gasteiger partial charge in [-0.05, 0) is 19.9 Å². The minimum Gasteiger partial charge on any atom is -0.409 e. The molecule has 0 fully saturated rings. The molecule has 1 aromatic rings. The molecule has 0 bridgehead atoms. The number of amidine groups is 1. The van der Waals surface area contributed by atoms with Crippen LogP contribution in [-0.4, -0.2) is 47.3 Å². The Hall–Kier alpha value is -1.96. The van der Waals surface area contributed by atoms with E-state index in [0.29, 0.717) is 17.1 Å². The summed E-state index contributed by atoms with van der Waals surface area (Å²) in [7, 11) is 0. The first-order valence-electron chi connectivity index (χ1n) is 6.00. The number of anilines is 1.